The van der Waals surface area contributed by atoms with Gasteiger partial charge in [0.15, 0.2) is 11.5 Å². The molecule has 9 heteroatoms. The number of methoxy groups -OCH3 is 1. The topological polar surface area (TPSA) is 95.6 Å². The molecule has 3 aromatic heterocycles. The maximum absolute atomic E-state index is 12.3. The van der Waals surface area contributed by atoms with Gasteiger partial charge in [-0.3, -0.25) is 13.9 Å². The number of rotatable bonds is 4. The highest BCUT2D eigenvalue weighted by molar-refractivity contribution is 6.02. The third-order valence-electron chi connectivity index (χ3n) is 4.45. The van der Waals surface area contributed by atoms with Crippen LogP contribution in [0.4, 0.5) is 5.82 Å². The first-order valence-electron chi connectivity index (χ1n) is 8.46. The molecule has 0 radical (unpaired) electrons. The van der Waals surface area contributed by atoms with Gasteiger partial charge in [-0.25, -0.2) is 4.98 Å². The van der Waals surface area contributed by atoms with Crippen LogP contribution in [0.25, 0.3) is 5.65 Å². The lowest BCUT2D eigenvalue weighted by Gasteiger charge is -2.19. The predicted octanol–water partition coefficient (Wildman–Crippen LogP) is 1.62. The Morgan fingerprint density at radius 1 is 1.31 bits per heavy atom. The van der Waals surface area contributed by atoms with Crippen molar-refractivity contribution >= 4 is 17.4 Å². The van der Waals surface area contributed by atoms with E-state index in [1.54, 1.807) is 30.2 Å². The average Bonchev–Trinajstić information content (AvgIpc) is 3.28. The Labute approximate surface area is 150 Å². The molecule has 0 spiro atoms. The maximum Gasteiger partial charge on any atom is 0.277 e. The van der Waals surface area contributed by atoms with Gasteiger partial charge in [0, 0.05) is 38.6 Å². The summed E-state index contributed by atoms with van der Waals surface area (Å²) < 4.78 is 14.2. The molecule has 0 unspecified atom stereocenters. The van der Waals surface area contributed by atoms with E-state index in [9.17, 15) is 4.79 Å². The molecule has 9 nitrogen and oxygen atoms in total. The Balaban J connectivity index is 1.64. The minimum absolute atomic E-state index is 0.321. The number of hydrogen-bond acceptors (Lipinski definition) is 6. The third kappa shape index (κ3) is 3.13. The summed E-state index contributed by atoms with van der Waals surface area (Å²) in [6.45, 7) is 1.50. The molecule has 0 saturated carbocycles. The number of ether oxygens (including phenoxy) is 2. The van der Waals surface area contributed by atoms with Crippen molar-refractivity contribution in [2.24, 2.45) is 7.05 Å². The molecule has 0 bridgehead atoms. The van der Waals surface area contributed by atoms with Crippen LogP contribution in [0.1, 0.15) is 34.9 Å². The van der Waals surface area contributed by atoms with Gasteiger partial charge >= 0.3 is 0 Å². The molecular formula is C17H20N6O3. The number of nitrogens with zero attached hydrogens (tertiary/aromatic N) is 5. The summed E-state index contributed by atoms with van der Waals surface area (Å²) in [5.74, 6) is 0.771. The number of nitrogens with one attached hydrogen (secondary N) is 1. The van der Waals surface area contributed by atoms with Gasteiger partial charge in [-0.15, -0.1) is 0 Å². The Morgan fingerprint density at radius 3 is 2.81 bits per heavy atom. The molecule has 26 heavy (non-hydrogen) atoms. The second kappa shape index (κ2) is 6.75. The van der Waals surface area contributed by atoms with Crippen LogP contribution in [0.15, 0.2) is 24.7 Å². The molecule has 1 fully saturated rings. The van der Waals surface area contributed by atoms with Gasteiger partial charge in [0.2, 0.25) is 5.65 Å². The van der Waals surface area contributed by atoms with Crippen molar-refractivity contribution in [1.29, 1.82) is 0 Å². The van der Waals surface area contributed by atoms with Gasteiger partial charge in [-0.2, -0.15) is 10.1 Å². The zero-order chi connectivity index (χ0) is 18.1. The first-order chi connectivity index (χ1) is 12.6. The van der Waals surface area contributed by atoms with Crippen LogP contribution in [-0.2, 0) is 11.8 Å². The second-order valence-electron chi connectivity index (χ2n) is 6.25. The largest absolute Gasteiger partial charge is 0.478 e. The minimum atomic E-state index is -0.329. The van der Waals surface area contributed by atoms with E-state index >= 15 is 0 Å². The molecule has 1 aliphatic heterocycles. The summed E-state index contributed by atoms with van der Waals surface area (Å²) >= 11 is 0. The van der Waals surface area contributed by atoms with Gasteiger partial charge < -0.3 is 14.8 Å². The molecule has 1 N–H and O–H groups in total. The highest BCUT2D eigenvalue weighted by atomic mass is 16.5. The number of anilines is 1. The quantitative estimate of drug-likeness (QED) is 0.763. The van der Waals surface area contributed by atoms with E-state index in [0.29, 0.717) is 29.0 Å². The number of carbonyl (C=O) groups excluding carboxylic acids is 1. The molecule has 0 aliphatic carbocycles. The van der Waals surface area contributed by atoms with Crippen molar-refractivity contribution in [3.8, 4) is 5.88 Å². The van der Waals surface area contributed by atoms with Gasteiger partial charge in [-0.1, -0.05) is 0 Å². The molecule has 3 aromatic rings. The average molecular weight is 356 g/mol. The standard InChI is InChI=1S/C17H20N6O3/c1-22-6-3-12(21-22)16(24)19-14-10-23-9-13(11-4-7-26-8-5-11)18-15(23)17(20-14)25-2/h3,6,9-11H,4-5,7-8H2,1-2H3,(H,19,24). The summed E-state index contributed by atoms with van der Waals surface area (Å²) in [6, 6.07) is 1.64. The van der Waals surface area contributed by atoms with Crippen LogP contribution in [0.5, 0.6) is 5.88 Å². The van der Waals surface area contributed by atoms with Crippen molar-refractivity contribution < 1.29 is 14.3 Å². The summed E-state index contributed by atoms with van der Waals surface area (Å²) in [5.41, 5.74) is 1.94. The number of hydrogen-bond donors (Lipinski definition) is 1. The van der Waals surface area contributed by atoms with Crippen LogP contribution in [0, 0.1) is 0 Å². The Hall–Kier alpha value is -2.94. The number of amides is 1. The van der Waals surface area contributed by atoms with Gasteiger partial charge in [0.25, 0.3) is 11.8 Å². The number of imidazole rings is 1. The van der Waals surface area contributed by atoms with Crippen LogP contribution in [-0.4, -0.2) is 50.4 Å². The zero-order valence-corrected chi connectivity index (χ0v) is 14.7. The lowest BCUT2D eigenvalue weighted by Crippen LogP contribution is -2.15. The van der Waals surface area contributed by atoms with Gasteiger partial charge in [-0.05, 0) is 18.9 Å². The highest BCUT2D eigenvalue weighted by Gasteiger charge is 2.21. The Morgan fingerprint density at radius 2 is 2.12 bits per heavy atom. The normalized spacial score (nSPS) is 15.3. The zero-order valence-electron chi connectivity index (χ0n) is 14.7. The number of aromatic nitrogens is 5. The molecule has 0 atom stereocenters. The van der Waals surface area contributed by atoms with E-state index in [1.165, 1.54) is 7.11 Å². The van der Waals surface area contributed by atoms with E-state index in [0.717, 1.165) is 31.7 Å². The molecule has 4 rings (SSSR count). The highest BCUT2D eigenvalue weighted by Crippen LogP contribution is 2.28. The third-order valence-corrected chi connectivity index (χ3v) is 4.45. The van der Waals surface area contributed by atoms with E-state index in [-0.39, 0.29) is 5.91 Å². The first-order valence-corrected chi connectivity index (χ1v) is 8.46. The fraction of sp³-hybridized carbons (Fsp3) is 0.412. The van der Waals surface area contributed by atoms with Gasteiger partial charge in [0.1, 0.15) is 0 Å². The summed E-state index contributed by atoms with van der Waals surface area (Å²) in [6.07, 6.45) is 7.30. The molecule has 1 amide bonds. The van der Waals surface area contributed by atoms with Crippen molar-refractivity contribution in [2.45, 2.75) is 18.8 Å². The predicted molar refractivity (Wildman–Crippen MR) is 93.5 cm³/mol. The Kier molecular flexibility index (Phi) is 4.29. The Bertz CT molecular complexity index is 941. The van der Waals surface area contributed by atoms with E-state index in [4.69, 9.17) is 9.47 Å². The summed E-state index contributed by atoms with van der Waals surface area (Å²) in [5, 5.41) is 6.84. The minimum Gasteiger partial charge on any atom is -0.478 e. The number of fused-ring (bicyclic) bond motifs is 1. The summed E-state index contributed by atoms with van der Waals surface area (Å²) in [7, 11) is 3.29. The van der Waals surface area contributed by atoms with Gasteiger partial charge in [0.05, 0.1) is 19.0 Å². The smallest absolute Gasteiger partial charge is 0.277 e. The molecular weight excluding hydrogens is 336 g/mol. The summed E-state index contributed by atoms with van der Waals surface area (Å²) in [4.78, 5) is 21.3. The monoisotopic (exact) mass is 356 g/mol. The van der Waals surface area contributed by atoms with Crippen LogP contribution < -0.4 is 10.1 Å². The van der Waals surface area contributed by atoms with Crippen molar-refractivity contribution in [2.75, 3.05) is 25.6 Å². The fourth-order valence-electron chi connectivity index (χ4n) is 3.09. The SMILES string of the molecule is COc1nc(NC(=O)c2ccn(C)n2)cn2cc(C3CCOCC3)nc12. The van der Waals surface area contributed by atoms with Crippen molar-refractivity contribution in [1.82, 2.24) is 24.1 Å². The lowest BCUT2D eigenvalue weighted by molar-refractivity contribution is 0.0846. The molecule has 1 saturated heterocycles. The van der Waals surface area contributed by atoms with E-state index in [1.807, 2.05) is 10.6 Å². The van der Waals surface area contributed by atoms with E-state index in [2.05, 4.69) is 20.4 Å². The fourth-order valence-corrected chi connectivity index (χ4v) is 3.09. The van der Waals surface area contributed by atoms with Crippen LogP contribution in [0.3, 0.4) is 0 Å². The maximum atomic E-state index is 12.3. The van der Waals surface area contributed by atoms with Crippen molar-refractivity contribution in [3.63, 3.8) is 0 Å². The number of carbonyl (C=O) groups is 1. The van der Waals surface area contributed by atoms with Crippen LogP contribution >= 0.6 is 0 Å². The second-order valence-corrected chi connectivity index (χ2v) is 6.25. The molecule has 1 aliphatic rings. The lowest BCUT2D eigenvalue weighted by atomic mass is 9.97. The van der Waals surface area contributed by atoms with Crippen molar-refractivity contribution in [3.05, 3.63) is 36.0 Å². The number of aryl methyl sites for hydroxylation is 1. The molecule has 0 aromatic carbocycles. The molecule has 4 heterocycles. The molecule has 136 valence electrons. The first kappa shape index (κ1) is 16.5. The van der Waals surface area contributed by atoms with Crippen LogP contribution in [0.2, 0.25) is 0 Å². The van der Waals surface area contributed by atoms with E-state index < -0.39 is 0 Å².